The Hall–Kier alpha value is -4.11. The molecule has 0 aliphatic rings. The molecule has 0 saturated carbocycles. The third kappa shape index (κ3) is 4.06. The highest BCUT2D eigenvalue weighted by molar-refractivity contribution is 7.91. The van der Waals surface area contributed by atoms with E-state index in [0.29, 0.717) is 34.0 Å². The number of anilines is 3. The summed E-state index contributed by atoms with van der Waals surface area (Å²) in [5.41, 5.74) is 1.60. The quantitative estimate of drug-likeness (QED) is 0.364. The van der Waals surface area contributed by atoms with Crippen LogP contribution in [0.15, 0.2) is 89.3 Å². The van der Waals surface area contributed by atoms with Gasteiger partial charge in [0.05, 0.1) is 28.3 Å². The minimum atomic E-state index is -3.78. The number of aromatic nitrogens is 2. The fourth-order valence-electron chi connectivity index (χ4n) is 3.19. The highest BCUT2D eigenvalue weighted by atomic mass is 32.2. The van der Waals surface area contributed by atoms with Crippen LogP contribution in [0.4, 0.5) is 17.2 Å². The first-order valence-electron chi connectivity index (χ1n) is 9.59. The highest BCUT2D eigenvalue weighted by Crippen LogP contribution is 2.31. The number of methoxy groups -OCH3 is 1. The summed E-state index contributed by atoms with van der Waals surface area (Å²) in [6, 6.07) is 16.8. The zero-order chi connectivity index (χ0) is 22.7. The lowest BCUT2D eigenvalue weighted by Gasteiger charge is -2.12. The van der Waals surface area contributed by atoms with Gasteiger partial charge in [0, 0.05) is 11.6 Å². The molecule has 162 valence electrons. The first kappa shape index (κ1) is 21.1. The van der Waals surface area contributed by atoms with E-state index in [0.717, 1.165) is 0 Å². The molecule has 0 unspecified atom stereocenters. The Morgan fingerprint density at radius 2 is 1.88 bits per heavy atom. The third-order valence-electron chi connectivity index (χ3n) is 4.77. The lowest BCUT2D eigenvalue weighted by Crippen LogP contribution is -2.09. The number of benzene rings is 2. The normalized spacial score (nSPS) is 11.2. The van der Waals surface area contributed by atoms with Crippen LogP contribution in [-0.2, 0) is 14.6 Å². The average molecular weight is 449 g/mol. The maximum atomic E-state index is 13.2. The standard InChI is InChI=1S/C23H20N4O4S/c1-3-22(28)26-19-10-5-4-9-18(19)25-21-12-11-17-20(14-24-23(17)27-21)32(29,30)16-8-6-7-15(13-16)31-2/h3-14H,1H2,2H3,(H,26,28)(H2,24,25,27). The van der Waals surface area contributed by atoms with Crippen molar-refractivity contribution in [1.82, 2.24) is 9.97 Å². The van der Waals surface area contributed by atoms with Gasteiger partial charge in [-0.3, -0.25) is 4.79 Å². The number of rotatable bonds is 7. The summed E-state index contributed by atoms with van der Waals surface area (Å²) < 4.78 is 31.5. The van der Waals surface area contributed by atoms with Crippen molar-refractivity contribution in [1.29, 1.82) is 0 Å². The first-order chi connectivity index (χ1) is 15.4. The number of sulfone groups is 1. The number of ether oxygens (including phenoxy) is 1. The molecule has 4 rings (SSSR count). The summed E-state index contributed by atoms with van der Waals surface area (Å²) in [4.78, 5) is 19.3. The number of H-pyrrole nitrogens is 1. The summed E-state index contributed by atoms with van der Waals surface area (Å²) in [6.07, 6.45) is 2.61. The van der Waals surface area contributed by atoms with Crippen molar-refractivity contribution in [2.75, 3.05) is 17.7 Å². The molecule has 0 fully saturated rings. The second-order valence-corrected chi connectivity index (χ2v) is 8.71. The van der Waals surface area contributed by atoms with Crippen molar-refractivity contribution in [3.8, 4) is 5.75 Å². The Balaban J connectivity index is 1.67. The zero-order valence-electron chi connectivity index (χ0n) is 17.1. The molecular formula is C23H20N4O4S. The van der Waals surface area contributed by atoms with Gasteiger partial charge in [0.1, 0.15) is 17.2 Å². The van der Waals surface area contributed by atoms with Gasteiger partial charge in [0.25, 0.3) is 0 Å². The molecule has 0 atom stereocenters. The molecule has 0 aliphatic heterocycles. The topological polar surface area (TPSA) is 113 Å². The lowest BCUT2D eigenvalue weighted by atomic mass is 10.2. The number of carbonyl (C=O) groups excluding carboxylic acids is 1. The van der Waals surface area contributed by atoms with Crippen LogP contribution in [0.2, 0.25) is 0 Å². The number of nitrogens with one attached hydrogen (secondary N) is 3. The fourth-order valence-corrected chi connectivity index (χ4v) is 4.64. The molecule has 32 heavy (non-hydrogen) atoms. The number of para-hydroxylation sites is 2. The first-order valence-corrected chi connectivity index (χ1v) is 11.1. The Labute approximate surface area is 184 Å². The van der Waals surface area contributed by atoms with Crippen molar-refractivity contribution >= 4 is 44.0 Å². The van der Waals surface area contributed by atoms with Crippen molar-refractivity contribution in [3.05, 3.63) is 79.5 Å². The predicted octanol–water partition coefficient (Wildman–Crippen LogP) is 4.27. The van der Waals surface area contributed by atoms with E-state index in [4.69, 9.17) is 4.74 Å². The average Bonchev–Trinajstić information content (AvgIpc) is 3.24. The molecule has 9 heteroatoms. The molecular weight excluding hydrogens is 428 g/mol. The van der Waals surface area contributed by atoms with Gasteiger partial charge in [-0.25, -0.2) is 13.4 Å². The van der Waals surface area contributed by atoms with Crippen LogP contribution in [-0.4, -0.2) is 31.4 Å². The highest BCUT2D eigenvalue weighted by Gasteiger charge is 2.23. The fraction of sp³-hybridized carbons (Fsp3) is 0.0435. The van der Waals surface area contributed by atoms with Gasteiger partial charge in [-0.05, 0) is 48.5 Å². The van der Waals surface area contributed by atoms with E-state index < -0.39 is 9.84 Å². The minimum Gasteiger partial charge on any atom is -0.497 e. The number of pyridine rings is 1. The summed E-state index contributed by atoms with van der Waals surface area (Å²) >= 11 is 0. The van der Waals surface area contributed by atoms with E-state index >= 15 is 0 Å². The molecule has 1 amide bonds. The summed E-state index contributed by atoms with van der Waals surface area (Å²) in [7, 11) is -2.30. The maximum Gasteiger partial charge on any atom is 0.247 e. The number of aromatic amines is 1. The number of fused-ring (bicyclic) bond motifs is 1. The van der Waals surface area contributed by atoms with Crippen LogP contribution >= 0.6 is 0 Å². The van der Waals surface area contributed by atoms with E-state index in [1.807, 2.05) is 6.07 Å². The van der Waals surface area contributed by atoms with Gasteiger partial charge in [0.2, 0.25) is 15.7 Å². The van der Waals surface area contributed by atoms with Crippen LogP contribution in [0.5, 0.6) is 5.75 Å². The van der Waals surface area contributed by atoms with E-state index in [1.165, 1.54) is 31.5 Å². The molecule has 0 aliphatic carbocycles. The molecule has 2 heterocycles. The molecule has 2 aromatic heterocycles. The molecule has 0 spiro atoms. The van der Waals surface area contributed by atoms with Gasteiger partial charge in [0.15, 0.2) is 0 Å². The van der Waals surface area contributed by atoms with Crippen LogP contribution < -0.4 is 15.4 Å². The van der Waals surface area contributed by atoms with Crippen molar-refractivity contribution in [2.45, 2.75) is 9.79 Å². The summed E-state index contributed by atoms with van der Waals surface area (Å²) in [5, 5.41) is 6.33. The number of hydrogen-bond donors (Lipinski definition) is 3. The van der Waals surface area contributed by atoms with Crippen molar-refractivity contribution < 1.29 is 17.9 Å². The molecule has 0 radical (unpaired) electrons. The molecule has 0 bridgehead atoms. The lowest BCUT2D eigenvalue weighted by molar-refractivity contribution is -0.111. The Morgan fingerprint density at radius 1 is 1.09 bits per heavy atom. The Kier molecular flexibility index (Phi) is 5.65. The monoisotopic (exact) mass is 448 g/mol. The third-order valence-corrected chi connectivity index (χ3v) is 6.57. The number of nitrogens with zero attached hydrogens (tertiary/aromatic N) is 1. The Morgan fingerprint density at radius 3 is 2.62 bits per heavy atom. The van der Waals surface area contributed by atoms with Crippen LogP contribution in [0.1, 0.15) is 0 Å². The van der Waals surface area contributed by atoms with Gasteiger partial charge in [-0.15, -0.1) is 0 Å². The van der Waals surface area contributed by atoms with Crippen LogP contribution in [0.3, 0.4) is 0 Å². The maximum absolute atomic E-state index is 13.2. The zero-order valence-corrected chi connectivity index (χ0v) is 17.9. The van der Waals surface area contributed by atoms with Gasteiger partial charge < -0.3 is 20.4 Å². The van der Waals surface area contributed by atoms with Crippen molar-refractivity contribution in [3.63, 3.8) is 0 Å². The smallest absolute Gasteiger partial charge is 0.247 e. The van der Waals surface area contributed by atoms with Gasteiger partial charge in [-0.2, -0.15) is 0 Å². The molecule has 3 N–H and O–H groups in total. The number of amides is 1. The van der Waals surface area contributed by atoms with Gasteiger partial charge in [-0.1, -0.05) is 24.8 Å². The molecule has 2 aromatic carbocycles. The van der Waals surface area contributed by atoms with Gasteiger partial charge >= 0.3 is 0 Å². The number of hydrogen-bond acceptors (Lipinski definition) is 6. The second kappa shape index (κ2) is 8.56. The minimum absolute atomic E-state index is 0.124. The van der Waals surface area contributed by atoms with E-state index in [1.54, 1.807) is 42.5 Å². The van der Waals surface area contributed by atoms with E-state index in [-0.39, 0.29) is 15.7 Å². The summed E-state index contributed by atoms with van der Waals surface area (Å²) in [6.45, 7) is 3.45. The predicted molar refractivity (Wildman–Crippen MR) is 123 cm³/mol. The number of carbonyl (C=O) groups is 1. The summed E-state index contributed by atoms with van der Waals surface area (Å²) in [5.74, 6) is 0.599. The van der Waals surface area contributed by atoms with Crippen molar-refractivity contribution in [2.24, 2.45) is 0 Å². The van der Waals surface area contributed by atoms with E-state index in [9.17, 15) is 13.2 Å². The van der Waals surface area contributed by atoms with E-state index in [2.05, 4.69) is 27.2 Å². The molecule has 0 saturated heterocycles. The van der Waals surface area contributed by atoms with Crippen LogP contribution in [0, 0.1) is 0 Å². The SMILES string of the molecule is C=CC(=O)Nc1ccccc1Nc1ccc2c(S(=O)(=O)c3cccc(OC)c3)c[nH]c2n1. The molecule has 8 nitrogen and oxygen atoms in total. The van der Waals surface area contributed by atoms with Crippen LogP contribution in [0.25, 0.3) is 11.0 Å². The Bertz CT molecular complexity index is 1430. The second-order valence-electron chi connectivity index (χ2n) is 6.79. The largest absolute Gasteiger partial charge is 0.497 e. The molecule has 4 aromatic rings.